The molecule has 1 heterocycles. The minimum atomic E-state index is -4.23. The molecule has 1 atom stereocenters. The van der Waals surface area contributed by atoms with Crippen LogP contribution >= 0.6 is 0 Å². The smallest absolute Gasteiger partial charge is 0.207 e. The van der Waals surface area contributed by atoms with Gasteiger partial charge in [0.05, 0.1) is 6.04 Å². The molecule has 0 aliphatic carbocycles. The number of rotatable bonds is 4. The van der Waals surface area contributed by atoms with E-state index in [1.165, 1.54) is 6.92 Å². The molecule has 0 aliphatic heterocycles. The van der Waals surface area contributed by atoms with Gasteiger partial charge in [-0.05, 0) is 25.1 Å². The fourth-order valence-corrected chi connectivity index (χ4v) is 2.68. The zero-order chi connectivity index (χ0) is 14.0. The molecule has 0 saturated carbocycles. The fraction of sp³-hybridized carbons (Fsp3) is 0.222. The predicted octanol–water partition coefficient (Wildman–Crippen LogP) is 0.517. The molecule has 7 nitrogen and oxygen atoms in total. The number of halogens is 2. The van der Waals surface area contributed by atoms with Gasteiger partial charge in [-0.3, -0.25) is 0 Å². The van der Waals surface area contributed by atoms with Crippen LogP contribution in [0.1, 0.15) is 18.8 Å². The van der Waals surface area contributed by atoms with E-state index in [-0.39, 0.29) is 5.82 Å². The molecule has 102 valence electrons. The standard InChI is InChI=1S/C9H9F2N5O2S/c1-5(9-12-15-16-13-9)14-19(17,18)8-4-6(10)2-3-7(8)11/h2-5,14H,1H3,(H,12,13,15,16). The summed E-state index contributed by atoms with van der Waals surface area (Å²) in [5, 5.41) is 12.6. The molecule has 1 unspecified atom stereocenters. The van der Waals surface area contributed by atoms with Crippen molar-refractivity contribution >= 4 is 10.0 Å². The van der Waals surface area contributed by atoms with Crippen molar-refractivity contribution < 1.29 is 17.2 Å². The van der Waals surface area contributed by atoms with Gasteiger partial charge >= 0.3 is 0 Å². The molecule has 19 heavy (non-hydrogen) atoms. The van der Waals surface area contributed by atoms with Gasteiger partial charge in [0.1, 0.15) is 16.5 Å². The third-order valence-electron chi connectivity index (χ3n) is 2.26. The van der Waals surface area contributed by atoms with Crippen molar-refractivity contribution in [3.63, 3.8) is 0 Å². The summed E-state index contributed by atoms with van der Waals surface area (Å²) in [5.41, 5.74) is 0. The first kappa shape index (κ1) is 13.5. The van der Waals surface area contributed by atoms with Crippen molar-refractivity contribution in [2.75, 3.05) is 0 Å². The first-order valence-electron chi connectivity index (χ1n) is 5.11. The lowest BCUT2D eigenvalue weighted by atomic mass is 10.3. The highest BCUT2D eigenvalue weighted by Gasteiger charge is 2.24. The summed E-state index contributed by atoms with van der Waals surface area (Å²) < 4.78 is 52.3. The molecule has 2 aromatic rings. The summed E-state index contributed by atoms with van der Waals surface area (Å²) in [5.74, 6) is -1.82. The zero-order valence-corrected chi connectivity index (χ0v) is 10.4. The summed E-state index contributed by atoms with van der Waals surface area (Å²) in [6.45, 7) is 1.44. The molecule has 0 fully saturated rings. The second kappa shape index (κ2) is 4.97. The van der Waals surface area contributed by atoms with Gasteiger partial charge < -0.3 is 0 Å². The van der Waals surface area contributed by atoms with E-state index in [4.69, 9.17) is 0 Å². The molecular weight excluding hydrogens is 280 g/mol. The molecule has 2 rings (SSSR count). The summed E-state index contributed by atoms with van der Waals surface area (Å²) >= 11 is 0. The molecule has 0 spiro atoms. The van der Waals surface area contributed by atoms with E-state index in [1.807, 2.05) is 0 Å². The lowest BCUT2D eigenvalue weighted by Gasteiger charge is -2.11. The van der Waals surface area contributed by atoms with Gasteiger partial charge in [0.2, 0.25) is 10.0 Å². The second-order valence-corrected chi connectivity index (χ2v) is 5.37. The maximum Gasteiger partial charge on any atom is 0.244 e. The van der Waals surface area contributed by atoms with Gasteiger partial charge in [-0.25, -0.2) is 21.9 Å². The molecule has 0 aliphatic rings. The van der Waals surface area contributed by atoms with Gasteiger partial charge in [0.25, 0.3) is 0 Å². The SMILES string of the molecule is CC(NS(=O)(=O)c1cc(F)ccc1F)c1nn[nH]n1. The Kier molecular flexibility index (Phi) is 3.53. The Balaban J connectivity index is 2.30. The van der Waals surface area contributed by atoms with Gasteiger partial charge in [0.15, 0.2) is 5.82 Å². The molecule has 10 heteroatoms. The number of tetrazole rings is 1. The van der Waals surface area contributed by atoms with Crippen LogP contribution in [0.4, 0.5) is 8.78 Å². The van der Waals surface area contributed by atoms with Crippen LogP contribution in [0.25, 0.3) is 0 Å². The van der Waals surface area contributed by atoms with Crippen LogP contribution in [-0.2, 0) is 10.0 Å². The molecule has 2 N–H and O–H groups in total. The highest BCUT2D eigenvalue weighted by Crippen LogP contribution is 2.18. The van der Waals surface area contributed by atoms with E-state index in [2.05, 4.69) is 25.3 Å². The quantitative estimate of drug-likeness (QED) is 0.854. The summed E-state index contributed by atoms with van der Waals surface area (Å²) in [6.07, 6.45) is 0. The van der Waals surface area contributed by atoms with Crippen molar-refractivity contribution in [2.45, 2.75) is 17.9 Å². The molecule has 0 amide bonds. The Morgan fingerprint density at radius 3 is 2.74 bits per heavy atom. The molecule has 1 aromatic carbocycles. The summed E-state index contributed by atoms with van der Waals surface area (Å²) in [7, 11) is -4.23. The zero-order valence-electron chi connectivity index (χ0n) is 9.63. The minimum absolute atomic E-state index is 0.0837. The average molecular weight is 289 g/mol. The van der Waals surface area contributed by atoms with Gasteiger partial charge in [0, 0.05) is 0 Å². The van der Waals surface area contributed by atoms with Gasteiger partial charge in [-0.1, -0.05) is 5.21 Å². The maximum absolute atomic E-state index is 13.4. The van der Waals surface area contributed by atoms with E-state index >= 15 is 0 Å². The number of nitrogens with one attached hydrogen (secondary N) is 2. The number of aromatic nitrogens is 4. The topological polar surface area (TPSA) is 101 Å². The third kappa shape index (κ3) is 2.90. The highest BCUT2D eigenvalue weighted by molar-refractivity contribution is 7.89. The molecular formula is C9H9F2N5O2S. The molecule has 0 saturated heterocycles. The fourth-order valence-electron chi connectivity index (χ4n) is 1.39. The van der Waals surface area contributed by atoms with Crippen LogP contribution < -0.4 is 4.72 Å². The monoisotopic (exact) mass is 289 g/mol. The highest BCUT2D eigenvalue weighted by atomic mass is 32.2. The Hall–Kier alpha value is -1.94. The van der Waals surface area contributed by atoms with Crippen molar-refractivity contribution in [3.8, 4) is 0 Å². The van der Waals surface area contributed by atoms with Gasteiger partial charge in [-0.15, -0.1) is 10.2 Å². The molecule has 0 bridgehead atoms. The number of benzene rings is 1. The number of nitrogens with zero attached hydrogens (tertiary/aromatic N) is 3. The van der Waals surface area contributed by atoms with Crippen molar-refractivity contribution in [2.24, 2.45) is 0 Å². The third-order valence-corrected chi connectivity index (χ3v) is 3.82. The van der Waals surface area contributed by atoms with Crippen LogP contribution in [0.15, 0.2) is 23.1 Å². The van der Waals surface area contributed by atoms with Crippen LogP contribution in [-0.4, -0.2) is 29.0 Å². The Bertz CT molecular complexity index is 674. The average Bonchev–Trinajstić information content (AvgIpc) is 2.85. The second-order valence-electron chi connectivity index (χ2n) is 3.69. The lowest BCUT2D eigenvalue weighted by Crippen LogP contribution is -2.28. The minimum Gasteiger partial charge on any atom is -0.207 e. The Morgan fingerprint density at radius 1 is 1.37 bits per heavy atom. The van der Waals surface area contributed by atoms with E-state index in [0.29, 0.717) is 6.07 Å². The molecule has 0 radical (unpaired) electrons. The number of H-pyrrole nitrogens is 1. The van der Waals surface area contributed by atoms with Crippen LogP contribution in [0.5, 0.6) is 0 Å². The van der Waals surface area contributed by atoms with E-state index in [9.17, 15) is 17.2 Å². The predicted molar refractivity (Wildman–Crippen MR) is 59.3 cm³/mol. The van der Waals surface area contributed by atoms with Gasteiger partial charge in [-0.2, -0.15) is 5.21 Å². The van der Waals surface area contributed by atoms with Crippen LogP contribution in [0.2, 0.25) is 0 Å². The van der Waals surface area contributed by atoms with Crippen LogP contribution in [0, 0.1) is 11.6 Å². The normalized spacial score (nSPS) is 13.4. The van der Waals surface area contributed by atoms with Crippen molar-refractivity contribution in [1.82, 2.24) is 25.3 Å². The number of hydrogen-bond acceptors (Lipinski definition) is 5. The van der Waals surface area contributed by atoms with E-state index < -0.39 is 32.6 Å². The Labute approximate surface area is 107 Å². The van der Waals surface area contributed by atoms with Crippen molar-refractivity contribution in [3.05, 3.63) is 35.7 Å². The summed E-state index contributed by atoms with van der Waals surface area (Å²) in [6, 6.07) is 1.33. The Morgan fingerprint density at radius 2 is 2.11 bits per heavy atom. The maximum atomic E-state index is 13.4. The first-order valence-corrected chi connectivity index (χ1v) is 6.59. The van der Waals surface area contributed by atoms with Crippen molar-refractivity contribution in [1.29, 1.82) is 0 Å². The number of aromatic amines is 1. The number of hydrogen-bond donors (Lipinski definition) is 2. The largest absolute Gasteiger partial charge is 0.244 e. The van der Waals surface area contributed by atoms with E-state index in [0.717, 1.165) is 12.1 Å². The van der Waals surface area contributed by atoms with Crippen LogP contribution in [0.3, 0.4) is 0 Å². The summed E-state index contributed by atoms with van der Waals surface area (Å²) in [4.78, 5) is -0.775. The molecule has 1 aromatic heterocycles. The first-order chi connectivity index (χ1) is 8.90. The lowest BCUT2D eigenvalue weighted by molar-refractivity contribution is 0.534. The van der Waals surface area contributed by atoms with E-state index in [1.54, 1.807) is 0 Å². The number of sulfonamides is 1.